The summed E-state index contributed by atoms with van der Waals surface area (Å²) in [6.07, 6.45) is 3.25. The first kappa shape index (κ1) is 25.2. The molecule has 40 heavy (non-hydrogen) atoms. The summed E-state index contributed by atoms with van der Waals surface area (Å²) in [5.74, 6) is 1.84. The lowest BCUT2D eigenvalue weighted by molar-refractivity contribution is 0.225. The number of imidazole rings is 1. The van der Waals surface area contributed by atoms with Gasteiger partial charge in [0, 0.05) is 25.5 Å². The van der Waals surface area contributed by atoms with Crippen LogP contribution in [0.4, 0.5) is 22.0 Å². The lowest BCUT2D eigenvalue weighted by Gasteiger charge is -2.28. The van der Waals surface area contributed by atoms with E-state index in [-0.39, 0.29) is 6.03 Å². The van der Waals surface area contributed by atoms with Crippen molar-refractivity contribution in [3.63, 3.8) is 0 Å². The van der Waals surface area contributed by atoms with Crippen LogP contribution in [0.15, 0.2) is 89.1 Å². The predicted molar refractivity (Wildman–Crippen MR) is 156 cm³/mol. The van der Waals surface area contributed by atoms with Gasteiger partial charge in [-0.1, -0.05) is 36.4 Å². The van der Waals surface area contributed by atoms with E-state index in [0.29, 0.717) is 41.9 Å². The Bertz CT molecular complexity index is 1610. The molecule has 1 fully saturated rings. The smallest absolute Gasteiger partial charge is 0.324 e. The molecule has 0 radical (unpaired) electrons. The number of nitrogen functional groups attached to an aromatic ring is 1. The number of carbonyl (C=O) groups is 1. The standard InChI is InChI=1S/C30H30N8O2/c1-36(2)24-12-6-21(7-13-24)17-38-28-30(35-29(38)39,22-8-14-25(40-3)15-9-22)26-27(32-18-33-28)37(19-34-26)16-20-4-10-23(31)11-5-20/h4-15,18-19H,16-17,31H2,1-3H3,(H,35,39). The number of aliphatic imine (C=N–C) groups is 2. The minimum atomic E-state index is -1.15. The van der Waals surface area contributed by atoms with Crippen LogP contribution >= 0.6 is 0 Å². The van der Waals surface area contributed by atoms with Crippen molar-refractivity contribution in [2.24, 2.45) is 9.98 Å². The number of benzene rings is 3. The molecule has 2 aliphatic rings. The van der Waals surface area contributed by atoms with Crippen molar-refractivity contribution < 1.29 is 9.53 Å². The summed E-state index contributed by atoms with van der Waals surface area (Å²) in [7, 11) is 5.61. The Hall–Kier alpha value is -5.12. The van der Waals surface area contributed by atoms with Crippen molar-refractivity contribution in [3.05, 3.63) is 102 Å². The van der Waals surface area contributed by atoms with Crippen LogP contribution in [0.5, 0.6) is 5.75 Å². The SMILES string of the molecule is COc1ccc(C23NC(=O)N(Cc4ccc(N(C)C)cc4)C2=NC=Nc2c3ncn2Cc2ccc(N)cc2)cc1. The fraction of sp³-hybridized carbons (Fsp3) is 0.200. The number of carbonyl (C=O) groups excluding carboxylic acids is 1. The largest absolute Gasteiger partial charge is 0.497 e. The zero-order valence-electron chi connectivity index (χ0n) is 22.6. The van der Waals surface area contributed by atoms with Gasteiger partial charge in [0.25, 0.3) is 0 Å². The molecule has 2 aliphatic heterocycles. The van der Waals surface area contributed by atoms with Gasteiger partial charge in [-0.15, -0.1) is 0 Å². The Kier molecular flexibility index (Phi) is 6.22. The molecule has 4 aromatic rings. The summed E-state index contributed by atoms with van der Waals surface area (Å²) in [4.78, 5) is 31.7. The highest BCUT2D eigenvalue weighted by molar-refractivity contribution is 6.15. The number of fused-ring (bicyclic) bond motifs is 3. The van der Waals surface area contributed by atoms with Crippen molar-refractivity contribution in [1.29, 1.82) is 0 Å². The maximum atomic E-state index is 13.7. The fourth-order valence-corrected chi connectivity index (χ4v) is 5.17. The van der Waals surface area contributed by atoms with Gasteiger partial charge in [0.15, 0.2) is 17.2 Å². The number of methoxy groups -OCH3 is 1. The Balaban J connectivity index is 1.44. The van der Waals surface area contributed by atoms with Crippen LogP contribution in [0.2, 0.25) is 0 Å². The highest BCUT2D eigenvalue weighted by atomic mass is 16.5. The molecule has 10 nitrogen and oxygen atoms in total. The third kappa shape index (κ3) is 4.23. The van der Waals surface area contributed by atoms with E-state index in [1.807, 2.05) is 96.4 Å². The monoisotopic (exact) mass is 534 g/mol. The number of ether oxygens (including phenoxy) is 1. The number of hydrogen-bond donors (Lipinski definition) is 2. The molecule has 0 bridgehead atoms. The van der Waals surface area contributed by atoms with Crippen LogP contribution in [0.1, 0.15) is 22.4 Å². The number of rotatable bonds is 7. The number of amides is 2. The second-order valence-corrected chi connectivity index (χ2v) is 10.0. The topological polar surface area (TPSA) is 113 Å². The first-order valence-corrected chi connectivity index (χ1v) is 12.9. The van der Waals surface area contributed by atoms with Crippen molar-refractivity contribution in [2.45, 2.75) is 18.6 Å². The quantitative estimate of drug-likeness (QED) is 0.346. The van der Waals surface area contributed by atoms with Crippen molar-refractivity contribution in [1.82, 2.24) is 19.8 Å². The molecule has 1 atom stereocenters. The third-order valence-electron chi connectivity index (χ3n) is 7.31. The normalized spacial score (nSPS) is 17.5. The van der Waals surface area contributed by atoms with Crippen LogP contribution in [-0.2, 0) is 18.6 Å². The molecule has 2 amide bonds. The van der Waals surface area contributed by atoms with E-state index in [2.05, 4.69) is 5.32 Å². The van der Waals surface area contributed by atoms with Crippen LogP contribution in [0.25, 0.3) is 0 Å². The molecule has 202 valence electrons. The van der Waals surface area contributed by atoms with Gasteiger partial charge in [-0.25, -0.2) is 19.8 Å². The summed E-state index contributed by atoms with van der Waals surface area (Å²) >= 11 is 0. The number of urea groups is 1. The van der Waals surface area contributed by atoms with E-state index < -0.39 is 5.54 Å². The van der Waals surface area contributed by atoms with Gasteiger partial charge in [0.2, 0.25) is 0 Å². The number of anilines is 2. The number of hydrogen-bond acceptors (Lipinski definition) is 7. The fourth-order valence-electron chi connectivity index (χ4n) is 5.17. The first-order chi connectivity index (χ1) is 19.4. The lowest BCUT2D eigenvalue weighted by Crippen LogP contribution is -2.45. The van der Waals surface area contributed by atoms with Gasteiger partial charge >= 0.3 is 6.03 Å². The number of nitrogens with one attached hydrogen (secondary N) is 1. The summed E-state index contributed by atoms with van der Waals surface area (Å²) in [5.41, 5.74) is 9.94. The predicted octanol–water partition coefficient (Wildman–Crippen LogP) is 4.13. The summed E-state index contributed by atoms with van der Waals surface area (Å²) in [5, 5.41) is 3.24. The molecule has 1 unspecified atom stereocenters. The molecular formula is C30H30N8O2. The highest BCUT2D eigenvalue weighted by Gasteiger charge is 2.55. The second kappa shape index (κ2) is 9.88. The number of amidine groups is 1. The molecule has 6 rings (SSSR count). The van der Waals surface area contributed by atoms with Crippen LogP contribution in [-0.4, -0.2) is 53.9 Å². The minimum Gasteiger partial charge on any atom is -0.497 e. The summed E-state index contributed by atoms with van der Waals surface area (Å²) in [6, 6.07) is 23.1. The average molecular weight is 535 g/mol. The molecule has 0 saturated carbocycles. The van der Waals surface area contributed by atoms with E-state index in [4.69, 9.17) is 25.4 Å². The molecular weight excluding hydrogens is 504 g/mol. The zero-order chi connectivity index (χ0) is 27.9. The van der Waals surface area contributed by atoms with E-state index in [1.165, 1.54) is 6.34 Å². The second-order valence-electron chi connectivity index (χ2n) is 10.0. The molecule has 3 N–H and O–H groups in total. The molecule has 0 aliphatic carbocycles. The Morgan fingerprint density at radius 1 is 0.950 bits per heavy atom. The zero-order valence-corrected chi connectivity index (χ0v) is 22.6. The maximum absolute atomic E-state index is 13.7. The van der Waals surface area contributed by atoms with Crippen molar-refractivity contribution in [2.75, 3.05) is 31.8 Å². The molecule has 3 heterocycles. The molecule has 10 heteroatoms. The first-order valence-electron chi connectivity index (χ1n) is 12.9. The molecule has 3 aromatic carbocycles. The average Bonchev–Trinajstić information content (AvgIpc) is 3.43. The molecule has 1 saturated heterocycles. The maximum Gasteiger partial charge on any atom is 0.324 e. The van der Waals surface area contributed by atoms with E-state index in [9.17, 15) is 4.79 Å². The Morgan fingerprint density at radius 3 is 2.30 bits per heavy atom. The number of nitrogens with zero attached hydrogens (tertiary/aromatic N) is 6. The van der Waals surface area contributed by atoms with Gasteiger partial charge in [0.05, 0.1) is 26.5 Å². The van der Waals surface area contributed by atoms with Gasteiger partial charge in [-0.2, -0.15) is 0 Å². The van der Waals surface area contributed by atoms with Gasteiger partial charge in [-0.05, 0) is 53.1 Å². The van der Waals surface area contributed by atoms with E-state index in [1.54, 1.807) is 18.3 Å². The molecule has 0 spiro atoms. The van der Waals surface area contributed by atoms with Crippen molar-refractivity contribution >= 4 is 35.4 Å². The lowest BCUT2D eigenvalue weighted by atomic mass is 9.85. The van der Waals surface area contributed by atoms with Gasteiger partial charge in [0.1, 0.15) is 17.8 Å². The van der Waals surface area contributed by atoms with E-state index >= 15 is 0 Å². The minimum absolute atomic E-state index is 0.263. The van der Waals surface area contributed by atoms with Gasteiger partial charge < -0.3 is 25.3 Å². The van der Waals surface area contributed by atoms with Crippen LogP contribution in [0.3, 0.4) is 0 Å². The summed E-state index contributed by atoms with van der Waals surface area (Å²) in [6.45, 7) is 0.870. The van der Waals surface area contributed by atoms with E-state index in [0.717, 1.165) is 22.4 Å². The molecule has 1 aromatic heterocycles. The number of nitrogens with two attached hydrogens (primary N) is 1. The van der Waals surface area contributed by atoms with Crippen LogP contribution in [0, 0.1) is 0 Å². The third-order valence-corrected chi connectivity index (χ3v) is 7.31. The van der Waals surface area contributed by atoms with Gasteiger partial charge in [-0.3, -0.25) is 4.90 Å². The Labute approximate surface area is 232 Å². The van der Waals surface area contributed by atoms with Crippen molar-refractivity contribution in [3.8, 4) is 5.75 Å². The highest BCUT2D eigenvalue weighted by Crippen LogP contribution is 2.42. The van der Waals surface area contributed by atoms with Crippen LogP contribution < -0.4 is 20.7 Å². The number of aromatic nitrogens is 2. The Morgan fingerprint density at radius 2 is 1.62 bits per heavy atom. The summed E-state index contributed by atoms with van der Waals surface area (Å²) < 4.78 is 7.36.